The van der Waals surface area contributed by atoms with Crippen molar-refractivity contribution in [1.82, 2.24) is 0 Å². The lowest BCUT2D eigenvalue weighted by Gasteiger charge is -2.15. The Labute approximate surface area is 108 Å². The van der Waals surface area contributed by atoms with Crippen LogP contribution in [0.25, 0.3) is 0 Å². The molecule has 0 aliphatic carbocycles. The predicted octanol–water partition coefficient (Wildman–Crippen LogP) is 2.57. The van der Waals surface area contributed by atoms with Crippen LogP contribution >= 0.6 is 15.9 Å². The zero-order valence-corrected chi connectivity index (χ0v) is 11.1. The monoisotopic (exact) mass is 302 g/mol. The average molecular weight is 303 g/mol. The number of ether oxygens (including phenoxy) is 1. The molecule has 0 spiro atoms. The Balaban J connectivity index is 2.82. The highest BCUT2D eigenvalue weighted by atomic mass is 79.9. The molecule has 5 heteroatoms. The van der Waals surface area contributed by atoms with Crippen LogP contribution in [-0.4, -0.2) is 22.3 Å². The molecular weight excluding hydrogens is 288 g/mol. The molecular formula is C12H15BrO4. The Morgan fingerprint density at radius 2 is 2.24 bits per heavy atom. The minimum Gasteiger partial charge on any atom is -0.479 e. The normalized spacial score (nSPS) is 12.2. The summed E-state index contributed by atoms with van der Waals surface area (Å²) in [5, 5.41) is 17.9. The van der Waals surface area contributed by atoms with E-state index < -0.39 is 12.1 Å². The van der Waals surface area contributed by atoms with Crippen molar-refractivity contribution in [1.29, 1.82) is 0 Å². The summed E-state index contributed by atoms with van der Waals surface area (Å²) in [6, 6.07) is 5.06. The third-order valence-corrected chi connectivity index (χ3v) is 2.89. The number of benzene rings is 1. The van der Waals surface area contributed by atoms with E-state index in [9.17, 15) is 4.79 Å². The molecule has 0 aromatic heterocycles. The summed E-state index contributed by atoms with van der Waals surface area (Å²) in [6.45, 7) is 1.85. The second kappa shape index (κ2) is 6.61. The Morgan fingerprint density at radius 3 is 2.71 bits per heavy atom. The molecule has 1 unspecified atom stereocenters. The van der Waals surface area contributed by atoms with Crippen LogP contribution in [0.1, 0.15) is 25.3 Å². The molecule has 0 radical (unpaired) electrons. The highest BCUT2D eigenvalue weighted by molar-refractivity contribution is 9.10. The second-order valence-electron chi connectivity index (χ2n) is 3.66. The SMILES string of the molecule is CCCC(Oc1ccc(CO)cc1Br)C(=O)O. The number of carboxylic acid groups (broad SMARTS) is 1. The molecule has 1 aromatic rings. The van der Waals surface area contributed by atoms with E-state index in [0.29, 0.717) is 16.6 Å². The molecule has 0 aliphatic heterocycles. The van der Waals surface area contributed by atoms with Gasteiger partial charge in [-0.1, -0.05) is 19.4 Å². The number of aliphatic hydroxyl groups excluding tert-OH is 1. The van der Waals surface area contributed by atoms with Gasteiger partial charge in [-0.05, 0) is 40.0 Å². The number of halogens is 1. The standard InChI is InChI=1S/C12H15BrO4/c1-2-3-11(12(15)16)17-10-5-4-8(7-14)6-9(10)13/h4-6,11,14H,2-3,7H2,1H3,(H,15,16). The van der Waals surface area contributed by atoms with Crippen molar-refractivity contribution in [3.8, 4) is 5.75 Å². The van der Waals surface area contributed by atoms with Gasteiger partial charge in [0.05, 0.1) is 11.1 Å². The summed E-state index contributed by atoms with van der Waals surface area (Å²) in [5.41, 5.74) is 0.742. The van der Waals surface area contributed by atoms with E-state index >= 15 is 0 Å². The molecule has 0 bridgehead atoms. The van der Waals surface area contributed by atoms with E-state index in [1.54, 1.807) is 18.2 Å². The average Bonchev–Trinajstić information content (AvgIpc) is 2.30. The van der Waals surface area contributed by atoms with Crippen LogP contribution in [0.5, 0.6) is 5.75 Å². The maximum atomic E-state index is 10.9. The summed E-state index contributed by atoms with van der Waals surface area (Å²) in [4.78, 5) is 10.9. The highest BCUT2D eigenvalue weighted by Crippen LogP contribution is 2.27. The van der Waals surface area contributed by atoms with Crippen LogP contribution in [0.3, 0.4) is 0 Å². The third-order valence-electron chi connectivity index (χ3n) is 2.27. The molecule has 0 saturated heterocycles. The first-order valence-corrected chi connectivity index (χ1v) is 6.16. The molecule has 4 nitrogen and oxygen atoms in total. The fraction of sp³-hybridized carbons (Fsp3) is 0.417. The molecule has 0 aliphatic rings. The quantitative estimate of drug-likeness (QED) is 0.847. The Hall–Kier alpha value is -1.07. The van der Waals surface area contributed by atoms with Gasteiger partial charge in [0.15, 0.2) is 6.10 Å². The predicted molar refractivity (Wildman–Crippen MR) is 67.0 cm³/mol. The van der Waals surface area contributed by atoms with E-state index in [-0.39, 0.29) is 6.61 Å². The molecule has 0 saturated carbocycles. The van der Waals surface area contributed by atoms with Gasteiger partial charge in [0.2, 0.25) is 0 Å². The van der Waals surface area contributed by atoms with Gasteiger partial charge in [0.25, 0.3) is 0 Å². The van der Waals surface area contributed by atoms with E-state index in [1.807, 2.05) is 6.92 Å². The van der Waals surface area contributed by atoms with Crippen molar-refractivity contribution >= 4 is 21.9 Å². The van der Waals surface area contributed by atoms with Gasteiger partial charge >= 0.3 is 5.97 Å². The lowest BCUT2D eigenvalue weighted by Crippen LogP contribution is -2.26. The van der Waals surface area contributed by atoms with Crippen molar-refractivity contribution < 1.29 is 19.7 Å². The Kier molecular flexibility index (Phi) is 5.44. The number of carbonyl (C=O) groups is 1. The summed E-state index contributed by atoms with van der Waals surface area (Å²) in [6.07, 6.45) is 0.364. The fourth-order valence-corrected chi connectivity index (χ4v) is 1.91. The Bertz CT molecular complexity index is 392. The van der Waals surface area contributed by atoms with Gasteiger partial charge in [-0.15, -0.1) is 0 Å². The largest absolute Gasteiger partial charge is 0.479 e. The van der Waals surface area contributed by atoms with Crippen molar-refractivity contribution in [2.75, 3.05) is 0 Å². The smallest absolute Gasteiger partial charge is 0.344 e. The van der Waals surface area contributed by atoms with E-state index in [4.69, 9.17) is 14.9 Å². The molecule has 0 fully saturated rings. The first kappa shape index (κ1) is 14.0. The molecule has 17 heavy (non-hydrogen) atoms. The number of hydrogen-bond donors (Lipinski definition) is 2. The van der Waals surface area contributed by atoms with Gasteiger partial charge in [0, 0.05) is 0 Å². The molecule has 1 rings (SSSR count). The van der Waals surface area contributed by atoms with E-state index in [1.165, 1.54) is 0 Å². The van der Waals surface area contributed by atoms with Gasteiger partial charge in [-0.3, -0.25) is 0 Å². The Morgan fingerprint density at radius 1 is 1.53 bits per heavy atom. The first-order chi connectivity index (χ1) is 8.08. The van der Waals surface area contributed by atoms with Crippen LogP contribution in [0.15, 0.2) is 22.7 Å². The van der Waals surface area contributed by atoms with Gasteiger partial charge in [-0.2, -0.15) is 0 Å². The van der Waals surface area contributed by atoms with Crippen LogP contribution in [0.2, 0.25) is 0 Å². The molecule has 0 amide bonds. The minimum atomic E-state index is -0.968. The van der Waals surface area contributed by atoms with Crippen LogP contribution in [0.4, 0.5) is 0 Å². The zero-order valence-electron chi connectivity index (χ0n) is 9.52. The van der Waals surface area contributed by atoms with Crippen molar-refractivity contribution in [2.45, 2.75) is 32.5 Å². The van der Waals surface area contributed by atoms with Crippen molar-refractivity contribution in [3.63, 3.8) is 0 Å². The highest BCUT2D eigenvalue weighted by Gasteiger charge is 2.19. The molecule has 2 N–H and O–H groups in total. The zero-order chi connectivity index (χ0) is 12.8. The van der Waals surface area contributed by atoms with Crippen molar-refractivity contribution in [3.05, 3.63) is 28.2 Å². The summed E-state index contributed by atoms with van der Waals surface area (Å²) < 4.78 is 6.06. The summed E-state index contributed by atoms with van der Waals surface area (Å²) >= 11 is 3.29. The second-order valence-corrected chi connectivity index (χ2v) is 4.51. The van der Waals surface area contributed by atoms with E-state index in [0.717, 1.165) is 12.0 Å². The van der Waals surface area contributed by atoms with Gasteiger partial charge in [-0.25, -0.2) is 4.79 Å². The first-order valence-electron chi connectivity index (χ1n) is 5.37. The molecule has 1 atom stereocenters. The van der Waals surface area contributed by atoms with Gasteiger partial charge < -0.3 is 14.9 Å². The van der Waals surface area contributed by atoms with Crippen LogP contribution in [-0.2, 0) is 11.4 Å². The van der Waals surface area contributed by atoms with Crippen LogP contribution < -0.4 is 4.74 Å². The fourth-order valence-electron chi connectivity index (χ4n) is 1.39. The maximum absolute atomic E-state index is 10.9. The number of aliphatic carboxylic acids is 1. The van der Waals surface area contributed by atoms with Gasteiger partial charge in [0.1, 0.15) is 5.75 Å². The lowest BCUT2D eigenvalue weighted by molar-refractivity contribution is -0.145. The molecule has 0 heterocycles. The topological polar surface area (TPSA) is 66.8 Å². The van der Waals surface area contributed by atoms with E-state index in [2.05, 4.69) is 15.9 Å². The summed E-state index contributed by atoms with van der Waals surface area (Å²) in [5.74, 6) is -0.493. The number of aliphatic hydroxyl groups is 1. The number of carboxylic acids is 1. The third kappa shape index (κ3) is 4.02. The van der Waals surface area contributed by atoms with Crippen molar-refractivity contribution in [2.24, 2.45) is 0 Å². The minimum absolute atomic E-state index is 0.0593. The lowest BCUT2D eigenvalue weighted by atomic mass is 10.2. The molecule has 1 aromatic carbocycles. The summed E-state index contributed by atoms with van der Waals surface area (Å²) in [7, 11) is 0. The number of rotatable bonds is 6. The van der Waals surface area contributed by atoms with Crippen LogP contribution in [0, 0.1) is 0 Å². The molecule has 94 valence electrons. The number of hydrogen-bond acceptors (Lipinski definition) is 3. The maximum Gasteiger partial charge on any atom is 0.344 e.